The first-order chi connectivity index (χ1) is 5.70. The second-order valence-electron chi connectivity index (χ2n) is 2.93. The SMILES string of the molecule is CC1Oc2c(Cl)cccc2C1O. The van der Waals surface area contributed by atoms with Crippen LogP contribution in [0.15, 0.2) is 18.2 Å². The van der Waals surface area contributed by atoms with Crippen molar-refractivity contribution in [3.63, 3.8) is 0 Å². The molecule has 0 amide bonds. The zero-order valence-corrected chi connectivity index (χ0v) is 7.38. The standard InChI is InChI=1S/C9H9ClO2/c1-5-8(11)6-3-2-4-7(10)9(6)12-5/h2-5,8,11H,1H3. The zero-order valence-electron chi connectivity index (χ0n) is 6.62. The fraction of sp³-hybridized carbons (Fsp3) is 0.333. The Kier molecular flexibility index (Phi) is 1.74. The number of hydrogen-bond donors (Lipinski definition) is 1. The molecule has 64 valence electrons. The van der Waals surface area contributed by atoms with Gasteiger partial charge < -0.3 is 9.84 Å². The van der Waals surface area contributed by atoms with Crippen LogP contribution in [0.3, 0.4) is 0 Å². The molecule has 1 aliphatic heterocycles. The third-order valence-electron chi connectivity index (χ3n) is 2.06. The van der Waals surface area contributed by atoms with Gasteiger partial charge in [-0.3, -0.25) is 0 Å². The minimum Gasteiger partial charge on any atom is -0.486 e. The Hall–Kier alpha value is -0.730. The lowest BCUT2D eigenvalue weighted by Gasteiger charge is -2.06. The van der Waals surface area contributed by atoms with E-state index in [0.717, 1.165) is 5.56 Å². The number of aliphatic hydroxyl groups is 1. The lowest BCUT2D eigenvalue weighted by molar-refractivity contribution is 0.0796. The number of benzene rings is 1. The van der Waals surface area contributed by atoms with Crippen LogP contribution >= 0.6 is 11.6 Å². The van der Waals surface area contributed by atoms with Crippen molar-refractivity contribution in [1.29, 1.82) is 0 Å². The average molecular weight is 185 g/mol. The Morgan fingerprint density at radius 2 is 2.25 bits per heavy atom. The molecule has 1 aromatic carbocycles. The monoisotopic (exact) mass is 184 g/mol. The van der Waals surface area contributed by atoms with E-state index in [9.17, 15) is 5.11 Å². The van der Waals surface area contributed by atoms with Crippen LogP contribution < -0.4 is 4.74 Å². The molecule has 0 spiro atoms. The van der Waals surface area contributed by atoms with E-state index in [-0.39, 0.29) is 6.10 Å². The molecule has 1 heterocycles. The molecule has 0 radical (unpaired) electrons. The Balaban J connectivity index is 2.53. The summed E-state index contributed by atoms with van der Waals surface area (Å²) in [5, 5.41) is 10.2. The van der Waals surface area contributed by atoms with Gasteiger partial charge in [0.25, 0.3) is 0 Å². The predicted molar refractivity (Wildman–Crippen MR) is 46.5 cm³/mol. The molecule has 0 aliphatic carbocycles. The van der Waals surface area contributed by atoms with Crippen LogP contribution in [0, 0.1) is 0 Å². The van der Waals surface area contributed by atoms with Crippen molar-refractivity contribution in [2.45, 2.75) is 19.1 Å². The van der Waals surface area contributed by atoms with Gasteiger partial charge in [0.05, 0.1) is 5.02 Å². The highest BCUT2D eigenvalue weighted by molar-refractivity contribution is 6.32. The average Bonchev–Trinajstić information content (AvgIpc) is 2.32. The first-order valence-electron chi connectivity index (χ1n) is 3.83. The van der Waals surface area contributed by atoms with Gasteiger partial charge >= 0.3 is 0 Å². The number of para-hydroxylation sites is 1. The molecule has 0 saturated heterocycles. The van der Waals surface area contributed by atoms with E-state index in [1.165, 1.54) is 0 Å². The largest absolute Gasteiger partial charge is 0.486 e. The maximum atomic E-state index is 9.59. The lowest BCUT2D eigenvalue weighted by atomic mass is 10.1. The van der Waals surface area contributed by atoms with E-state index in [2.05, 4.69) is 0 Å². The van der Waals surface area contributed by atoms with Crippen LogP contribution in [0.4, 0.5) is 0 Å². The Morgan fingerprint density at radius 1 is 1.50 bits per heavy atom. The number of ether oxygens (including phenoxy) is 1. The fourth-order valence-electron chi connectivity index (χ4n) is 1.39. The molecule has 0 aromatic heterocycles. The van der Waals surface area contributed by atoms with Crippen molar-refractivity contribution in [3.8, 4) is 5.75 Å². The molecule has 2 nitrogen and oxygen atoms in total. The Bertz CT molecular complexity index is 311. The summed E-state index contributed by atoms with van der Waals surface area (Å²) in [6, 6.07) is 5.40. The van der Waals surface area contributed by atoms with E-state index < -0.39 is 6.10 Å². The minimum atomic E-state index is -0.543. The van der Waals surface area contributed by atoms with Gasteiger partial charge in [-0.25, -0.2) is 0 Å². The summed E-state index contributed by atoms with van der Waals surface area (Å²) in [6.45, 7) is 1.82. The van der Waals surface area contributed by atoms with E-state index in [1.807, 2.05) is 19.1 Å². The highest BCUT2D eigenvalue weighted by atomic mass is 35.5. The van der Waals surface area contributed by atoms with Crippen LogP contribution in [0.25, 0.3) is 0 Å². The minimum absolute atomic E-state index is 0.195. The van der Waals surface area contributed by atoms with Crippen molar-refractivity contribution in [3.05, 3.63) is 28.8 Å². The second kappa shape index (κ2) is 2.64. The van der Waals surface area contributed by atoms with Crippen molar-refractivity contribution < 1.29 is 9.84 Å². The van der Waals surface area contributed by atoms with Crippen molar-refractivity contribution in [2.24, 2.45) is 0 Å². The molecule has 3 heteroatoms. The summed E-state index contributed by atoms with van der Waals surface area (Å²) in [4.78, 5) is 0. The number of fused-ring (bicyclic) bond motifs is 1. The maximum Gasteiger partial charge on any atom is 0.144 e. The molecular weight excluding hydrogens is 176 g/mol. The van der Waals surface area contributed by atoms with Crippen molar-refractivity contribution in [1.82, 2.24) is 0 Å². The van der Waals surface area contributed by atoms with E-state index in [0.29, 0.717) is 10.8 Å². The molecule has 0 fully saturated rings. The predicted octanol–water partition coefficient (Wildman–Crippen LogP) is 2.15. The smallest absolute Gasteiger partial charge is 0.144 e. The van der Waals surface area contributed by atoms with Crippen LogP contribution in [0.5, 0.6) is 5.75 Å². The molecule has 1 N–H and O–H groups in total. The number of rotatable bonds is 0. The normalized spacial score (nSPS) is 26.6. The summed E-state index contributed by atoms with van der Waals surface area (Å²) in [7, 11) is 0. The van der Waals surface area contributed by atoms with E-state index in [1.54, 1.807) is 6.07 Å². The third kappa shape index (κ3) is 0.993. The summed E-state index contributed by atoms with van der Waals surface area (Å²) in [5.41, 5.74) is 0.787. The molecule has 2 rings (SSSR count). The van der Waals surface area contributed by atoms with Crippen molar-refractivity contribution in [2.75, 3.05) is 0 Å². The van der Waals surface area contributed by atoms with E-state index >= 15 is 0 Å². The summed E-state index contributed by atoms with van der Waals surface area (Å²) < 4.78 is 5.37. The molecular formula is C9H9ClO2. The summed E-state index contributed by atoms with van der Waals surface area (Å²) in [6.07, 6.45) is -0.737. The Labute approximate surface area is 75.7 Å². The van der Waals surface area contributed by atoms with Gasteiger partial charge in [-0.05, 0) is 13.0 Å². The topological polar surface area (TPSA) is 29.5 Å². The zero-order chi connectivity index (χ0) is 8.72. The Morgan fingerprint density at radius 3 is 2.92 bits per heavy atom. The molecule has 0 saturated carbocycles. The van der Waals surface area contributed by atoms with E-state index in [4.69, 9.17) is 16.3 Å². The molecule has 2 unspecified atom stereocenters. The van der Waals surface area contributed by atoms with Crippen LogP contribution in [-0.2, 0) is 0 Å². The second-order valence-corrected chi connectivity index (χ2v) is 3.33. The van der Waals surface area contributed by atoms with Gasteiger partial charge in [-0.2, -0.15) is 0 Å². The molecule has 12 heavy (non-hydrogen) atoms. The lowest BCUT2D eigenvalue weighted by Crippen LogP contribution is -2.12. The quantitative estimate of drug-likeness (QED) is 0.670. The van der Waals surface area contributed by atoms with Gasteiger partial charge in [-0.1, -0.05) is 23.7 Å². The fourth-order valence-corrected chi connectivity index (χ4v) is 1.61. The molecule has 1 aliphatic rings. The first kappa shape index (κ1) is 7.90. The highest BCUT2D eigenvalue weighted by Gasteiger charge is 2.30. The molecule has 0 bridgehead atoms. The van der Waals surface area contributed by atoms with Crippen LogP contribution in [0.1, 0.15) is 18.6 Å². The molecule has 2 atom stereocenters. The van der Waals surface area contributed by atoms with Gasteiger partial charge in [0, 0.05) is 5.56 Å². The first-order valence-corrected chi connectivity index (χ1v) is 4.21. The number of halogens is 1. The van der Waals surface area contributed by atoms with Crippen LogP contribution in [0.2, 0.25) is 5.02 Å². The summed E-state index contributed by atoms with van der Waals surface area (Å²) >= 11 is 5.86. The van der Waals surface area contributed by atoms with Gasteiger partial charge in [0.1, 0.15) is 18.0 Å². The summed E-state index contributed by atoms with van der Waals surface area (Å²) in [5.74, 6) is 0.624. The third-order valence-corrected chi connectivity index (χ3v) is 2.36. The number of aliphatic hydroxyl groups excluding tert-OH is 1. The van der Waals surface area contributed by atoms with Crippen LogP contribution in [-0.4, -0.2) is 11.2 Å². The number of hydrogen-bond acceptors (Lipinski definition) is 2. The van der Waals surface area contributed by atoms with Gasteiger partial charge in [-0.15, -0.1) is 0 Å². The highest BCUT2D eigenvalue weighted by Crippen LogP contribution is 2.40. The van der Waals surface area contributed by atoms with Gasteiger partial charge in [0.15, 0.2) is 0 Å². The molecule has 1 aromatic rings. The van der Waals surface area contributed by atoms with Crippen molar-refractivity contribution >= 4 is 11.6 Å². The maximum absolute atomic E-state index is 9.59. The van der Waals surface area contributed by atoms with Gasteiger partial charge in [0.2, 0.25) is 0 Å².